The van der Waals surface area contributed by atoms with Crippen molar-refractivity contribution in [3.63, 3.8) is 0 Å². The lowest BCUT2D eigenvalue weighted by Gasteiger charge is -2.04. The summed E-state index contributed by atoms with van der Waals surface area (Å²) in [5.74, 6) is 0.993. The molecule has 0 unspecified atom stereocenters. The number of aromatic nitrogens is 2. The summed E-state index contributed by atoms with van der Waals surface area (Å²) in [5.41, 5.74) is 9.48. The van der Waals surface area contributed by atoms with Gasteiger partial charge in [-0.1, -0.05) is 16.8 Å². The second-order valence-electron chi connectivity index (χ2n) is 4.47. The molecule has 3 rings (SSSR count). The monoisotopic (exact) mass is 285 g/mol. The van der Waals surface area contributed by atoms with Crippen LogP contribution in [0.2, 0.25) is 5.02 Å². The maximum Gasteiger partial charge on any atom is 0.176 e. The molecule has 0 aliphatic carbocycles. The number of anilines is 1. The molecule has 0 atom stereocenters. The fourth-order valence-electron chi connectivity index (χ4n) is 2.08. The van der Waals surface area contributed by atoms with Crippen molar-refractivity contribution in [1.82, 2.24) is 10.1 Å². The third kappa shape index (κ3) is 2.14. The topological polar surface area (TPSA) is 64.9 Å². The highest BCUT2D eigenvalue weighted by molar-refractivity contribution is 6.31. The summed E-state index contributed by atoms with van der Waals surface area (Å²) in [5, 5.41) is 4.59. The Hall–Kier alpha value is -2.33. The molecule has 0 bridgehead atoms. The molecular formula is C15H12ClN3O. The zero-order valence-electron chi connectivity index (χ0n) is 10.8. The fourth-order valence-corrected chi connectivity index (χ4v) is 2.20. The van der Waals surface area contributed by atoms with Crippen molar-refractivity contribution < 1.29 is 4.52 Å². The Morgan fingerprint density at radius 1 is 1.10 bits per heavy atom. The minimum absolute atomic E-state index is 0.360. The van der Waals surface area contributed by atoms with Crippen molar-refractivity contribution in [1.29, 1.82) is 0 Å². The van der Waals surface area contributed by atoms with Gasteiger partial charge in [-0.2, -0.15) is 0 Å². The number of nitrogen functional groups attached to an aromatic ring is 1. The molecule has 0 aliphatic heterocycles. The second-order valence-corrected chi connectivity index (χ2v) is 4.88. The van der Waals surface area contributed by atoms with E-state index < -0.39 is 0 Å². The average molecular weight is 286 g/mol. The van der Waals surface area contributed by atoms with Gasteiger partial charge in [0.15, 0.2) is 11.6 Å². The summed E-state index contributed by atoms with van der Waals surface area (Å²) in [6, 6.07) is 9.42. The molecule has 0 radical (unpaired) electrons. The molecule has 0 aliphatic rings. The standard InChI is InChI=1S/C15H12ClN3O/c1-9-8-11(2-3-12(9)16)14-13(15(17)19-20-14)10-4-6-18-7-5-10/h2-8H,1H3,(H2,17,19). The van der Waals surface area contributed by atoms with Crippen molar-refractivity contribution in [3.05, 3.63) is 53.3 Å². The highest BCUT2D eigenvalue weighted by Gasteiger charge is 2.17. The summed E-state index contributed by atoms with van der Waals surface area (Å²) >= 11 is 6.05. The van der Waals surface area contributed by atoms with E-state index in [-0.39, 0.29) is 0 Å². The lowest BCUT2D eigenvalue weighted by molar-refractivity contribution is 0.436. The molecule has 0 saturated heterocycles. The van der Waals surface area contributed by atoms with E-state index in [9.17, 15) is 0 Å². The first-order valence-corrected chi connectivity index (χ1v) is 6.46. The van der Waals surface area contributed by atoms with Crippen LogP contribution in [0, 0.1) is 6.92 Å². The molecule has 2 heterocycles. The highest BCUT2D eigenvalue weighted by atomic mass is 35.5. The van der Waals surface area contributed by atoms with Gasteiger partial charge in [-0.05, 0) is 48.4 Å². The molecule has 20 heavy (non-hydrogen) atoms. The molecule has 1 aromatic carbocycles. The average Bonchev–Trinajstić information content (AvgIpc) is 2.85. The third-order valence-corrected chi connectivity index (χ3v) is 3.53. The molecule has 3 aromatic rings. The smallest absolute Gasteiger partial charge is 0.176 e. The first-order valence-electron chi connectivity index (χ1n) is 6.09. The number of halogens is 1. The number of hydrogen-bond donors (Lipinski definition) is 1. The van der Waals surface area contributed by atoms with Gasteiger partial charge in [0, 0.05) is 23.0 Å². The van der Waals surface area contributed by atoms with Gasteiger partial charge >= 0.3 is 0 Å². The number of nitrogens with two attached hydrogens (primary N) is 1. The van der Waals surface area contributed by atoms with Crippen LogP contribution >= 0.6 is 11.6 Å². The lowest BCUT2D eigenvalue weighted by Crippen LogP contribution is -1.89. The Morgan fingerprint density at radius 3 is 2.55 bits per heavy atom. The van der Waals surface area contributed by atoms with E-state index in [2.05, 4.69) is 10.1 Å². The molecule has 0 spiro atoms. The summed E-state index contributed by atoms with van der Waals surface area (Å²) in [7, 11) is 0. The first kappa shape index (κ1) is 12.7. The van der Waals surface area contributed by atoms with E-state index in [1.807, 2.05) is 37.3 Å². The van der Waals surface area contributed by atoms with Crippen molar-refractivity contribution in [3.8, 4) is 22.5 Å². The maximum atomic E-state index is 6.05. The van der Waals surface area contributed by atoms with Gasteiger partial charge in [0.2, 0.25) is 0 Å². The number of pyridine rings is 1. The van der Waals surface area contributed by atoms with E-state index in [0.29, 0.717) is 16.6 Å². The minimum atomic E-state index is 0.360. The molecule has 2 aromatic heterocycles. The molecule has 4 nitrogen and oxygen atoms in total. The minimum Gasteiger partial charge on any atom is -0.380 e. The molecule has 2 N–H and O–H groups in total. The molecular weight excluding hydrogens is 274 g/mol. The van der Waals surface area contributed by atoms with Gasteiger partial charge in [0.25, 0.3) is 0 Å². The van der Waals surface area contributed by atoms with E-state index >= 15 is 0 Å². The third-order valence-electron chi connectivity index (χ3n) is 3.11. The van der Waals surface area contributed by atoms with Crippen LogP contribution in [0.1, 0.15) is 5.56 Å². The summed E-state index contributed by atoms with van der Waals surface area (Å²) in [6.07, 6.45) is 3.41. The van der Waals surface area contributed by atoms with Crippen LogP contribution in [0.15, 0.2) is 47.2 Å². The number of nitrogens with zero attached hydrogens (tertiary/aromatic N) is 2. The van der Waals surface area contributed by atoms with Crippen molar-refractivity contribution in [2.75, 3.05) is 5.73 Å². The Morgan fingerprint density at radius 2 is 1.85 bits per heavy atom. The van der Waals surface area contributed by atoms with Crippen molar-refractivity contribution in [2.45, 2.75) is 6.92 Å². The van der Waals surface area contributed by atoms with Gasteiger partial charge in [-0.3, -0.25) is 4.98 Å². The zero-order chi connectivity index (χ0) is 14.1. The normalized spacial score (nSPS) is 10.7. The van der Waals surface area contributed by atoms with Crippen LogP contribution in [-0.4, -0.2) is 10.1 Å². The molecule has 0 amide bonds. The number of aryl methyl sites for hydroxylation is 1. The second kappa shape index (κ2) is 4.98. The van der Waals surface area contributed by atoms with Gasteiger partial charge in [0.05, 0.1) is 5.56 Å². The molecule has 5 heteroatoms. The van der Waals surface area contributed by atoms with Gasteiger partial charge in [0.1, 0.15) is 0 Å². The van der Waals surface area contributed by atoms with Crippen LogP contribution in [-0.2, 0) is 0 Å². The SMILES string of the molecule is Cc1cc(-c2onc(N)c2-c2ccncc2)ccc1Cl. The fraction of sp³-hybridized carbons (Fsp3) is 0.0667. The summed E-state index contributed by atoms with van der Waals surface area (Å²) < 4.78 is 5.39. The Bertz CT molecular complexity index is 753. The Labute approximate surface area is 121 Å². The zero-order valence-corrected chi connectivity index (χ0v) is 11.6. The largest absolute Gasteiger partial charge is 0.380 e. The van der Waals surface area contributed by atoms with Crippen LogP contribution < -0.4 is 5.73 Å². The molecule has 0 fully saturated rings. The summed E-state index contributed by atoms with van der Waals surface area (Å²) in [4.78, 5) is 4.00. The molecule has 0 saturated carbocycles. The first-order chi connectivity index (χ1) is 9.66. The predicted molar refractivity (Wildman–Crippen MR) is 79.3 cm³/mol. The van der Waals surface area contributed by atoms with Gasteiger partial charge in [-0.15, -0.1) is 0 Å². The van der Waals surface area contributed by atoms with E-state index in [4.69, 9.17) is 21.9 Å². The van der Waals surface area contributed by atoms with Crippen molar-refractivity contribution >= 4 is 17.4 Å². The summed E-state index contributed by atoms with van der Waals surface area (Å²) in [6.45, 7) is 1.94. The highest BCUT2D eigenvalue weighted by Crippen LogP contribution is 2.37. The van der Waals surface area contributed by atoms with Crippen molar-refractivity contribution in [2.24, 2.45) is 0 Å². The predicted octanol–water partition coefficient (Wildman–Crippen LogP) is 3.95. The quantitative estimate of drug-likeness (QED) is 0.774. The number of hydrogen-bond acceptors (Lipinski definition) is 4. The number of benzene rings is 1. The van der Waals surface area contributed by atoms with E-state index in [1.165, 1.54) is 0 Å². The van der Waals surface area contributed by atoms with Crippen LogP contribution in [0.25, 0.3) is 22.5 Å². The molecule has 100 valence electrons. The Kier molecular flexibility index (Phi) is 3.16. The van der Waals surface area contributed by atoms with Gasteiger partial charge < -0.3 is 10.3 Å². The number of rotatable bonds is 2. The van der Waals surface area contributed by atoms with Crippen LogP contribution in [0.3, 0.4) is 0 Å². The van der Waals surface area contributed by atoms with E-state index in [0.717, 1.165) is 22.3 Å². The van der Waals surface area contributed by atoms with Gasteiger partial charge in [-0.25, -0.2) is 0 Å². The van der Waals surface area contributed by atoms with E-state index in [1.54, 1.807) is 12.4 Å². The van der Waals surface area contributed by atoms with Crippen LogP contribution in [0.4, 0.5) is 5.82 Å². The maximum absolute atomic E-state index is 6.05. The van der Waals surface area contributed by atoms with Crippen LogP contribution in [0.5, 0.6) is 0 Å². The Balaban J connectivity index is 2.18. The lowest BCUT2D eigenvalue weighted by atomic mass is 10.0.